The number of fused-ring (bicyclic) bond motifs is 1. The lowest BCUT2D eigenvalue weighted by molar-refractivity contribution is 0.0696. The van der Waals surface area contributed by atoms with E-state index in [9.17, 15) is 18.4 Å². The first-order valence-electron chi connectivity index (χ1n) is 6.19. The molecule has 0 saturated carbocycles. The molecule has 0 spiro atoms. The maximum atomic E-state index is 12.1. The van der Waals surface area contributed by atoms with Gasteiger partial charge in [0.1, 0.15) is 0 Å². The van der Waals surface area contributed by atoms with Crippen LogP contribution < -0.4 is 10.2 Å². The van der Waals surface area contributed by atoms with Gasteiger partial charge in [-0.25, -0.2) is 18.4 Å². The van der Waals surface area contributed by atoms with E-state index in [1.165, 1.54) is 17.0 Å². The van der Waals surface area contributed by atoms with Gasteiger partial charge in [0.25, 0.3) is 6.43 Å². The first-order chi connectivity index (χ1) is 9.49. The van der Waals surface area contributed by atoms with E-state index in [-0.39, 0.29) is 5.56 Å². The van der Waals surface area contributed by atoms with Gasteiger partial charge in [0.15, 0.2) is 0 Å². The summed E-state index contributed by atoms with van der Waals surface area (Å²) in [5.41, 5.74) is 1.47. The first kappa shape index (κ1) is 14.2. The van der Waals surface area contributed by atoms with E-state index in [0.717, 1.165) is 5.56 Å². The highest BCUT2D eigenvalue weighted by molar-refractivity contribution is 5.95. The maximum absolute atomic E-state index is 12.1. The SMILES string of the molecule is O=C(O)c1ccc2c(c1)CCCN2C(=O)NCC(F)F. The second-order valence-electron chi connectivity index (χ2n) is 4.48. The number of amides is 2. The number of aryl methyl sites for hydroxylation is 1. The molecule has 1 aromatic carbocycles. The summed E-state index contributed by atoms with van der Waals surface area (Å²) in [6.07, 6.45) is -1.27. The molecule has 2 N–H and O–H groups in total. The van der Waals surface area contributed by atoms with Gasteiger partial charge in [0.2, 0.25) is 0 Å². The number of carboxylic acids is 1. The Hall–Kier alpha value is -2.18. The molecule has 0 aromatic heterocycles. The molecule has 0 atom stereocenters. The van der Waals surface area contributed by atoms with Crippen LogP contribution in [0.3, 0.4) is 0 Å². The van der Waals surface area contributed by atoms with Crippen molar-refractivity contribution >= 4 is 17.7 Å². The Kier molecular flexibility index (Phi) is 4.16. The van der Waals surface area contributed by atoms with Gasteiger partial charge in [-0.2, -0.15) is 0 Å². The zero-order valence-corrected chi connectivity index (χ0v) is 10.6. The van der Waals surface area contributed by atoms with E-state index in [4.69, 9.17) is 5.11 Å². The molecule has 1 heterocycles. The third kappa shape index (κ3) is 3.04. The van der Waals surface area contributed by atoms with Crippen molar-refractivity contribution in [2.75, 3.05) is 18.0 Å². The molecular formula is C13H14F2N2O3. The van der Waals surface area contributed by atoms with Crippen molar-refractivity contribution in [3.8, 4) is 0 Å². The van der Waals surface area contributed by atoms with E-state index in [0.29, 0.717) is 25.1 Å². The Bertz CT molecular complexity index is 534. The molecule has 5 nitrogen and oxygen atoms in total. The minimum Gasteiger partial charge on any atom is -0.478 e. The number of carbonyl (C=O) groups excluding carboxylic acids is 1. The Morgan fingerprint density at radius 1 is 1.40 bits per heavy atom. The summed E-state index contributed by atoms with van der Waals surface area (Å²) in [7, 11) is 0. The van der Waals surface area contributed by atoms with Crippen molar-refractivity contribution in [2.45, 2.75) is 19.3 Å². The molecule has 2 amide bonds. The molecule has 1 aliphatic heterocycles. The number of benzene rings is 1. The van der Waals surface area contributed by atoms with Crippen molar-refractivity contribution in [2.24, 2.45) is 0 Å². The van der Waals surface area contributed by atoms with Gasteiger partial charge in [0, 0.05) is 12.2 Å². The standard InChI is InChI=1S/C13H14F2N2O3/c14-11(15)7-16-13(20)17-5-1-2-8-6-9(12(18)19)3-4-10(8)17/h3-4,6,11H,1-2,5,7H2,(H,16,20)(H,18,19). The van der Waals surface area contributed by atoms with Crippen LogP contribution in [0.1, 0.15) is 22.3 Å². The van der Waals surface area contributed by atoms with E-state index in [1.807, 2.05) is 0 Å². The van der Waals surface area contributed by atoms with Gasteiger partial charge < -0.3 is 10.4 Å². The smallest absolute Gasteiger partial charge is 0.335 e. The molecule has 2 rings (SSSR count). The summed E-state index contributed by atoms with van der Waals surface area (Å²) < 4.78 is 24.2. The number of carbonyl (C=O) groups is 2. The number of halogens is 2. The van der Waals surface area contributed by atoms with Gasteiger partial charge in [-0.3, -0.25) is 4.90 Å². The number of aromatic carboxylic acids is 1. The second-order valence-corrected chi connectivity index (χ2v) is 4.48. The van der Waals surface area contributed by atoms with Crippen LogP contribution in [-0.4, -0.2) is 36.6 Å². The quantitative estimate of drug-likeness (QED) is 0.893. The number of nitrogens with one attached hydrogen (secondary N) is 1. The number of anilines is 1. The predicted octanol–water partition coefficient (Wildman–Crippen LogP) is 2.11. The molecule has 0 saturated heterocycles. The van der Waals surface area contributed by atoms with Crippen LogP contribution in [0.2, 0.25) is 0 Å². The van der Waals surface area contributed by atoms with Crippen molar-refractivity contribution in [3.05, 3.63) is 29.3 Å². The molecule has 20 heavy (non-hydrogen) atoms. The van der Waals surface area contributed by atoms with Gasteiger partial charge in [0.05, 0.1) is 12.1 Å². The lowest BCUT2D eigenvalue weighted by Gasteiger charge is -2.29. The Balaban J connectivity index is 2.20. The van der Waals surface area contributed by atoms with Gasteiger partial charge in [-0.1, -0.05) is 0 Å². The van der Waals surface area contributed by atoms with Crippen LogP contribution in [0.15, 0.2) is 18.2 Å². The van der Waals surface area contributed by atoms with Gasteiger partial charge in [-0.15, -0.1) is 0 Å². The average molecular weight is 284 g/mol. The highest BCUT2D eigenvalue weighted by Crippen LogP contribution is 2.28. The molecular weight excluding hydrogens is 270 g/mol. The Labute approximate surface area is 114 Å². The Morgan fingerprint density at radius 3 is 2.80 bits per heavy atom. The van der Waals surface area contributed by atoms with Crippen LogP contribution in [0.5, 0.6) is 0 Å². The third-order valence-electron chi connectivity index (χ3n) is 3.10. The van der Waals surface area contributed by atoms with Crippen molar-refractivity contribution < 1.29 is 23.5 Å². The van der Waals surface area contributed by atoms with E-state index in [2.05, 4.69) is 5.32 Å². The number of hydrogen-bond donors (Lipinski definition) is 2. The molecule has 0 radical (unpaired) electrons. The van der Waals surface area contributed by atoms with Crippen molar-refractivity contribution in [1.82, 2.24) is 5.32 Å². The molecule has 1 aromatic rings. The number of hydrogen-bond acceptors (Lipinski definition) is 2. The molecule has 7 heteroatoms. The van der Waals surface area contributed by atoms with E-state index >= 15 is 0 Å². The number of rotatable bonds is 3. The minimum absolute atomic E-state index is 0.151. The monoisotopic (exact) mass is 284 g/mol. The molecule has 0 unspecified atom stereocenters. The normalized spacial score (nSPS) is 14.1. The van der Waals surface area contributed by atoms with Crippen LogP contribution in [0, 0.1) is 0 Å². The average Bonchev–Trinajstić information content (AvgIpc) is 2.43. The fourth-order valence-corrected chi connectivity index (χ4v) is 2.20. The maximum Gasteiger partial charge on any atom is 0.335 e. The Morgan fingerprint density at radius 2 is 2.15 bits per heavy atom. The number of carboxylic acid groups (broad SMARTS) is 1. The minimum atomic E-state index is -2.60. The summed E-state index contributed by atoms with van der Waals surface area (Å²) in [5, 5.41) is 11.1. The summed E-state index contributed by atoms with van der Waals surface area (Å²) in [4.78, 5) is 24.1. The summed E-state index contributed by atoms with van der Waals surface area (Å²) in [6, 6.07) is 3.87. The fourth-order valence-electron chi connectivity index (χ4n) is 2.20. The topological polar surface area (TPSA) is 69.6 Å². The number of urea groups is 1. The van der Waals surface area contributed by atoms with Crippen molar-refractivity contribution in [3.63, 3.8) is 0 Å². The van der Waals surface area contributed by atoms with Crippen LogP contribution in [0.4, 0.5) is 19.3 Å². The lowest BCUT2D eigenvalue weighted by atomic mass is 9.99. The molecule has 108 valence electrons. The van der Waals surface area contributed by atoms with Crippen LogP contribution >= 0.6 is 0 Å². The third-order valence-corrected chi connectivity index (χ3v) is 3.10. The summed E-state index contributed by atoms with van der Waals surface area (Å²) in [5.74, 6) is -1.04. The zero-order valence-electron chi connectivity index (χ0n) is 10.6. The highest BCUT2D eigenvalue weighted by atomic mass is 19.3. The van der Waals surface area contributed by atoms with Crippen LogP contribution in [-0.2, 0) is 6.42 Å². The molecule has 0 bridgehead atoms. The van der Waals surface area contributed by atoms with Crippen LogP contribution in [0.25, 0.3) is 0 Å². The fraction of sp³-hybridized carbons (Fsp3) is 0.385. The van der Waals surface area contributed by atoms with E-state index in [1.54, 1.807) is 6.07 Å². The van der Waals surface area contributed by atoms with Crippen molar-refractivity contribution in [1.29, 1.82) is 0 Å². The summed E-state index contributed by atoms with van der Waals surface area (Å²) >= 11 is 0. The largest absolute Gasteiger partial charge is 0.478 e. The van der Waals surface area contributed by atoms with Gasteiger partial charge >= 0.3 is 12.0 Å². The zero-order chi connectivity index (χ0) is 14.7. The first-order valence-corrected chi connectivity index (χ1v) is 6.19. The van der Waals surface area contributed by atoms with Gasteiger partial charge in [-0.05, 0) is 36.6 Å². The molecule has 0 aliphatic carbocycles. The van der Waals surface area contributed by atoms with E-state index < -0.39 is 25.0 Å². The summed E-state index contributed by atoms with van der Waals surface area (Å²) in [6.45, 7) is -0.271. The highest BCUT2D eigenvalue weighted by Gasteiger charge is 2.23. The molecule has 1 aliphatic rings. The second kappa shape index (κ2) is 5.85. The number of nitrogens with zero attached hydrogens (tertiary/aromatic N) is 1. The predicted molar refractivity (Wildman–Crippen MR) is 68.5 cm³/mol. The molecule has 0 fully saturated rings. The number of alkyl halides is 2. The lowest BCUT2D eigenvalue weighted by Crippen LogP contribution is -2.44.